The fourth-order valence-electron chi connectivity index (χ4n) is 3.44. The predicted molar refractivity (Wildman–Crippen MR) is 120 cm³/mol. The molecule has 2 aromatic carbocycles. The number of rotatable bonds is 8. The summed E-state index contributed by atoms with van der Waals surface area (Å²) in [7, 11) is 1.41. The standard InChI is InChI=1S/C24H20N2O6S/c1-31-20-9-8-15(13-26-22(28)17-6-2-3-7-18(17)23(26)29)11-19(20)24(30)32-14-21(27)25-12-16-5-4-10-33-16/h2-11H,12-14H2,1H3,(H,25,27). The lowest BCUT2D eigenvalue weighted by atomic mass is 10.1. The molecule has 1 aliphatic rings. The Kier molecular flexibility index (Phi) is 6.50. The van der Waals surface area contributed by atoms with E-state index >= 15 is 0 Å². The highest BCUT2D eigenvalue weighted by molar-refractivity contribution is 7.09. The number of nitrogens with one attached hydrogen (secondary N) is 1. The SMILES string of the molecule is COc1ccc(CN2C(=O)c3ccccc3C2=O)cc1C(=O)OCC(=O)NCc1cccs1. The Balaban J connectivity index is 1.42. The van der Waals surface area contributed by atoms with Gasteiger partial charge in [0, 0.05) is 4.88 Å². The van der Waals surface area contributed by atoms with Gasteiger partial charge in [-0.25, -0.2) is 4.79 Å². The average Bonchev–Trinajstić information content (AvgIpc) is 3.44. The van der Waals surface area contributed by atoms with Gasteiger partial charge in [-0.15, -0.1) is 11.3 Å². The Morgan fingerprint density at radius 3 is 2.36 bits per heavy atom. The molecule has 1 aromatic heterocycles. The molecule has 1 N–H and O–H groups in total. The monoisotopic (exact) mass is 464 g/mol. The Morgan fingerprint density at radius 1 is 1.00 bits per heavy atom. The van der Waals surface area contributed by atoms with Crippen LogP contribution in [0.3, 0.4) is 0 Å². The molecule has 0 bridgehead atoms. The van der Waals surface area contributed by atoms with Crippen LogP contribution in [0.1, 0.15) is 41.5 Å². The minimum absolute atomic E-state index is 0.0160. The van der Waals surface area contributed by atoms with E-state index in [0.717, 1.165) is 9.78 Å². The first-order valence-corrected chi connectivity index (χ1v) is 10.9. The number of nitrogens with zero attached hydrogens (tertiary/aromatic N) is 1. The maximum Gasteiger partial charge on any atom is 0.342 e. The van der Waals surface area contributed by atoms with Crippen LogP contribution in [-0.4, -0.2) is 42.3 Å². The summed E-state index contributed by atoms with van der Waals surface area (Å²) in [4.78, 5) is 52.0. The largest absolute Gasteiger partial charge is 0.496 e. The molecular weight excluding hydrogens is 444 g/mol. The molecule has 3 amide bonds. The lowest BCUT2D eigenvalue weighted by Gasteiger charge is -2.16. The van der Waals surface area contributed by atoms with E-state index in [0.29, 0.717) is 23.2 Å². The first kappa shape index (κ1) is 22.2. The van der Waals surface area contributed by atoms with Crippen LogP contribution in [0.25, 0.3) is 0 Å². The first-order valence-electron chi connectivity index (χ1n) is 10.1. The minimum atomic E-state index is -0.748. The van der Waals surface area contributed by atoms with Gasteiger partial charge in [0.1, 0.15) is 11.3 Å². The number of amides is 3. The number of carbonyl (C=O) groups excluding carboxylic acids is 4. The van der Waals surface area contributed by atoms with Gasteiger partial charge < -0.3 is 14.8 Å². The van der Waals surface area contributed by atoms with Crippen LogP contribution < -0.4 is 10.1 Å². The van der Waals surface area contributed by atoms with E-state index in [1.165, 1.54) is 24.5 Å². The Morgan fingerprint density at radius 2 is 1.73 bits per heavy atom. The van der Waals surface area contributed by atoms with E-state index in [4.69, 9.17) is 9.47 Å². The van der Waals surface area contributed by atoms with Gasteiger partial charge in [0.05, 0.1) is 31.3 Å². The van der Waals surface area contributed by atoms with Gasteiger partial charge in [0.25, 0.3) is 17.7 Å². The molecule has 2 heterocycles. The highest BCUT2D eigenvalue weighted by Gasteiger charge is 2.35. The molecule has 0 fully saturated rings. The average molecular weight is 464 g/mol. The van der Waals surface area contributed by atoms with Crippen LogP contribution in [0.15, 0.2) is 60.0 Å². The predicted octanol–water partition coefficient (Wildman–Crippen LogP) is 3.03. The summed E-state index contributed by atoms with van der Waals surface area (Å²) >= 11 is 1.51. The molecule has 3 aromatic rings. The van der Waals surface area contributed by atoms with Crippen molar-refractivity contribution in [2.45, 2.75) is 13.1 Å². The Hall–Kier alpha value is -3.98. The van der Waals surface area contributed by atoms with Crippen LogP contribution in [0.2, 0.25) is 0 Å². The van der Waals surface area contributed by atoms with Crippen molar-refractivity contribution in [1.29, 1.82) is 0 Å². The molecule has 1 aliphatic heterocycles. The lowest BCUT2D eigenvalue weighted by Crippen LogP contribution is -2.29. The molecular formula is C24H20N2O6S. The number of esters is 1. The van der Waals surface area contributed by atoms with Crippen molar-refractivity contribution in [2.24, 2.45) is 0 Å². The summed E-state index contributed by atoms with van der Waals surface area (Å²) in [6.07, 6.45) is 0. The molecule has 0 unspecified atom stereocenters. The quantitative estimate of drug-likeness (QED) is 0.406. The lowest BCUT2D eigenvalue weighted by molar-refractivity contribution is -0.124. The number of carbonyl (C=O) groups is 4. The fourth-order valence-corrected chi connectivity index (χ4v) is 4.08. The van der Waals surface area contributed by atoms with Crippen molar-refractivity contribution in [1.82, 2.24) is 10.2 Å². The van der Waals surface area contributed by atoms with E-state index < -0.39 is 30.3 Å². The molecule has 8 nitrogen and oxygen atoms in total. The second kappa shape index (κ2) is 9.66. The Labute approximate surface area is 193 Å². The molecule has 33 heavy (non-hydrogen) atoms. The van der Waals surface area contributed by atoms with E-state index in [9.17, 15) is 19.2 Å². The van der Waals surface area contributed by atoms with Gasteiger partial charge in [-0.1, -0.05) is 24.3 Å². The second-order valence-corrected chi connectivity index (χ2v) is 8.24. The van der Waals surface area contributed by atoms with Crippen molar-refractivity contribution >= 4 is 35.0 Å². The number of hydrogen-bond acceptors (Lipinski definition) is 7. The summed E-state index contributed by atoms with van der Waals surface area (Å²) in [5, 5.41) is 4.59. The highest BCUT2D eigenvalue weighted by atomic mass is 32.1. The van der Waals surface area contributed by atoms with Crippen LogP contribution in [-0.2, 0) is 22.6 Å². The zero-order valence-electron chi connectivity index (χ0n) is 17.7. The van der Waals surface area contributed by atoms with Gasteiger partial charge in [0.15, 0.2) is 6.61 Å². The second-order valence-electron chi connectivity index (χ2n) is 7.21. The molecule has 4 rings (SSSR count). The molecule has 0 radical (unpaired) electrons. The van der Waals surface area contributed by atoms with E-state index in [2.05, 4.69) is 5.32 Å². The maximum atomic E-state index is 12.6. The third-order valence-electron chi connectivity index (χ3n) is 5.08. The highest BCUT2D eigenvalue weighted by Crippen LogP contribution is 2.26. The van der Waals surface area contributed by atoms with Gasteiger partial charge in [0.2, 0.25) is 0 Å². The minimum Gasteiger partial charge on any atom is -0.496 e. The molecule has 0 atom stereocenters. The smallest absolute Gasteiger partial charge is 0.342 e. The molecule has 9 heteroatoms. The van der Waals surface area contributed by atoms with Gasteiger partial charge in [-0.05, 0) is 41.3 Å². The van der Waals surface area contributed by atoms with Crippen molar-refractivity contribution in [3.8, 4) is 5.75 Å². The summed E-state index contributed by atoms with van der Waals surface area (Å²) in [6, 6.07) is 15.1. The third kappa shape index (κ3) is 4.78. The number of thiophene rings is 1. The van der Waals surface area contributed by atoms with Crippen LogP contribution in [0, 0.1) is 0 Å². The van der Waals surface area contributed by atoms with Gasteiger partial charge in [-0.2, -0.15) is 0 Å². The summed E-state index contributed by atoms with van der Waals surface area (Å²) in [6.45, 7) is -0.110. The van der Waals surface area contributed by atoms with Gasteiger partial charge in [-0.3, -0.25) is 19.3 Å². The van der Waals surface area contributed by atoms with Crippen molar-refractivity contribution < 1.29 is 28.7 Å². The van der Waals surface area contributed by atoms with E-state index in [-0.39, 0.29) is 17.9 Å². The Bertz CT molecular complexity index is 1190. The first-order chi connectivity index (χ1) is 16.0. The number of methoxy groups -OCH3 is 1. The summed E-state index contributed by atoms with van der Waals surface area (Å²) in [5.41, 5.74) is 1.34. The molecule has 0 saturated carbocycles. The molecule has 0 saturated heterocycles. The summed E-state index contributed by atoms with van der Waals surface area (Å²) < 4.78 is 10.4. The number of hydrogen-bond donors (Lipinski definition) is 1. The topological polar surface area (TPSA) is 102 Å². The normalized spacial score (nSPS) is 12.5. The fraction of sp³-hybridized carbons (Fsp3) is 0.167. The number of imide groups is 1. The van der Waals surface area contributed by atoms with E-state index in [1.807, 2.05) is 17.5 Å². The van der Waals surface area contributed by atoms with Crippen LogP contribution in [0.5, 0.6) is 5.75 Å². The van der Waals surface area contributed by atoms with Crippen LogP contribution >= 0.6 is 11.3 Å². The third-order valence-corrected chi connectivity index (χ3v) is 5.95. The van der Waals surface area contributed by atoms with Crippen LogP contribution in [0.4, 0.5) is 0 Å². The van der Waals surface area contributed by atoms with Crippen molar-refractivity contribution in [3.05, 3.63) is 87.1 Å². The van der Waals surface area contributed by atoms with Crippen molar-refractivity contribution in [3.63, 3.8) is 0 Å². The van der Waals surface area contributed by atoms with Crippen molar-refractivity contribution in [2.75, 3.05) is 13.7 Å². The van der Waals surface area contributed by atoms with E-state index in [1.54, 1.807) is 36.4 Å². The summed E-state index contributed by atoms with van der Waals surface area (Å²) in [5.74, 6) is -1.71. The molecule has 168 valence electrons. The number of fused-ring (bicyclic) bond motifs is 1. The van der Waals surface area contributed by atoms with Gasteiger partial charge >= 0.3 is 5.97 Å². The number of ether oxygens (including phenoxy) is 2. The molecule has 0 aliphatic carbocycles. The molecule has 0 spiro atoms. The number of benzene rings is 2. The zero-order valence-corrected chi connectivity index (χ0v) is 18.5. The zero-order chi connectivity index (χ0) is 23.4. The maximum absolute atomic E-state index is 12.6.